The van der Waals surface area contributed by atoms with Crippen molar-refractivity contribution in [3.63, 3.8) is 0 Å². The van der Waals surface area contributed by atoms with Gasteiger partial charge in [-0.1, -0.05) is 31.9 Å². The number of benzene rings is 1. The third-order valence-electron chi connectivity index (χ3n) is 6.05. The highest BCUT2D eigenvalue weighted by Crippen LogP contribution is 2.40. The third-order valence-corrected chi connectivity index (χ3v) is 6.05. The van der Waals surface area contributed by atoms with Crippen molar-refractivity contribution in [1.29, 1.82) is 0 Å². The van der Waals surface area contributed by atoms with Crippen LogP contribution in [0.1, 0.15) is 64.4 Å². The Balaban J connectivity index is 1.48. The van der Waals surface area contributed by atoms with E-state index in [1.807, 2.05) is 0 Å². The zero-order valence-electron chi connectivity index (χ0n) is 16.2. The predicted molar refractivity (Wildman–Crippen MR) is 111 cm³/mol. The lowest BCUT2D eigenvalue weighted by atomic mass is 9.72. The Kier molecular flexibility index (Phi) is 4.90. The van der Waals surface area contributed by atoms with Crippen LogP contribution in [0.3, 0.4) is 0 Å². The van der Waals surface area contributed by atoms with Crippen LogP contribution in [0.4, 0.5) is 5.69 Å². The first-order chi connectivity index (χ1) is 12.6. The van der Waals surface area contributed by atoms with Crippen molar-refractivity contribution in [1.82, 2.24) is 0 Å². The van der Waals surface area contributed by atoms with E-state index >= 15 is 0 Å². The quantitative estimate of drug-likeness (QED) is 0.492. The maximum absolute atomic E-state index is 4.99. The second-order valence-corrected chi connectivity index (χ2v) is 8.79. The number of fused-ring (bicyclic) bond motifs is 1. The predicted octanol–water partition coefficient (Wildman–Crippen LogP) is 5.38. The molecule has 2 aliphatic heterocycles. The summed E-state index contributed by atoms with van der Waals surface area (Å²) in [6.07, 6.45) is 10.9. The van der Waals surface area contributed by atoms with E-state index < -0.39 is 0 Å². The number of anilines is 1. The van der Waals surface area contributed by atoms with Gasteiger partial charge in [-0.15, -0.1) is 0 Å². The summed E-state index contributed by atoms with van der Waals surface area (Å²) >= 11 is 0. The number of allylic oxidation sites excluding steroid dienone is 1. The van der Waals surface area contributed by atoms with Crippen molar-refractivity contribution >= 4 is 11.4 Å². The molecular formula is C24H30N2. The molecule has 4 rings (SSSR count). The Morgan fingerprint density at radius 3 is 2.81 bits per heavy atom. The fourth-order valence-corrected chi connectivity index (χ4v) is 4.40. The van der Waals surface area contributed by atoms with Crippen molar-refractivity contribution in [3.8, 4) is 11.8 Å². The van der Waals surface area contributed by atoms with Crippen LogP contribution in [0.25, 0.3) is 0 Å². The molecule has 1 saturated carbocycles. The molecule has 0 bridgehead atoms. The van der Waals surface area contributed by atoms with Crippen LogP contribution in [-0.2, 0) is 0 Å². The Morgan fingerprint density at radius 2 is 1.96 bits per heavy atom. The minimum Gasteiger partial charge on any atom is -0.372 e. The largest absolute Gasteiger partial charge is 0.372 e. The molecule has 2 heteroatoms. The highest BCUT2D eigenvalue weighted by molar-refractivity contribution is 6.02. The zero-order chi connectivity index (χ0) is 18.0. The van der Waals surface area contributed by atoms with Crippen LogP contribution in [0.15, 0.2) is 40.9 Å². The molecule has 136 valence electrons. The van der Waals surface area contributed by atoms with Crippen molar-refractivity contribution in [2.75, 3.05) is 18.0 Å². The van der Waals surface area contributed by atoms with Gasteiger partial charge in [0.1, 0.15) is 0 Å². The Bertz CT molecular complexity index is 782. The lowest BCUT2D eigenvalue weighted by Gasteiger charge is -2.36. The summed E-state index contributed by atoms with van der Waals surface area (Å²) in [5.41, 5.74) is 5.43. The van der Waals surface area contributed by atoms with Gasteiger partial charge in [0.2, 0.25) is 0 Å². The van der Waals surface area contributed by atoms with Crippen molar-refractivity contribution < 1.29 is 0 Å². The lowest BCUT2D eigenvalue weighted by molar-refractivity contribution is 0.258. The SMILES string of the molecule is CC1(C)CCC2=CCC(C#Cc3cccc(N4CCCCC4)c3)=NC2C1. The monoisotopic (exact) mass is 346 g/mol. The summed E-state index contributed by atoms with van der Waals surface area (Å²) in [6, 6.07) is 9.09. The molecule has 0 N–H and O–H groups in total. The molecule has 2 nitrogen and oxygen atoms in total. The number of dihydropyridines is 1. The van der Waals surface area contributed by atoms with Crippen molar-refractivity contribution in [3.05, 3.63) is 41.5 Å². The molecule has 1 atom stereocenters. The number of hydrogen-bond acceptors (Lipinski definition) is 2. The van der Waals surface area contributed by atoms with Crippen LogP contribution in [0.5, 0.6) is 0 Å². The number of hydrogen-bond donors (Lipinski definition) is 0. The van der Waals surface area contributed by atoms with Gasteiger partial charge in [0.05, 0.1) is 11.8 Å². The molecule has 1 aliphatic carbocycles. The number of aliphatic imine (C=N–C) groups is 1. The highest BCUT2D eigenvalue weighted by atomic mass is 15.1. The molecule has 1 aromatic rings. The molecule has 1 saturated heterocycles. The van der Waals surface area contributed by atoms with Gasteiger partial charge in [0.25, 0.3) is 0 Å². The minimum absolute atomic E-state index is 0.372. The second kappa shape index (κ2) is 7.31. The molecule has 0 spiro atoms. The van der Waals surface area contributed by atoms with Crippen LogP contribution in [-0.4, -0.2) is 24.8 Å². The number of piperidine rings is 1. The summed E-state index contributed by atoms with van der Waals surface area (Å²) in [6.45, 7) is 7.08. The fraction of sp³-hybridized carbons (Fsp3) is 0.542. The van der Waals surface area contributed by atoms with E-state index in [0.717, 1.165) is 24.1 Å². The molecule has 3 aliphatic rings. The van der Waals surface area contributed by atoms with Gasteiger partial charge in [-0.2, -0.15) is 0 Å². The van der Waals surface area contributed by atoms with Gasteiger partial charge in [-0.25, -0.2) is 0 Å². The molecular weight excluding hydrogens is 316 g/mol. The first-order valence-electron chi connectivity index (χ1n) is 10.2. The average Bonchev–Trinajstić information content (AvgIpc) is 2.66. The van der Waals surface area contributed by atoms with Crippen LogP contribution in [0, 0.1) is 17.3 Å². The number of nitrogens with zero attached hydrogens (tertiary/aromatic N) is 2. The minimum atomic E-state index is 0.372. The summed E-state index contributed by atoms with van der Waals surface area (Å²) in [4.78, 5) is 7.48. The normalized spacial score (nSPS) is 24.7. The first-order valence-corrected chi connectivity index (χ1v) is 10.2. The van der Waals surface area contributed by atoms with E-state index in [2.05, 4.69) is 60.9 Å². The van der Waals surface area contributed by atoms with E-state index in [1.165, 1.54) is 50.9 Å². The molecule has 2 fully saturated rings. The van der Waals surface area contributed by atoms with E-state index in [9.17, 15) is 0 Å². The van der Waals surface area contributed by atoms with Crippen molar-refractivity contribution in [2.45, 2.75) is 64.8 Å². The topological polar surface area (TPSA) is 15.6 Å². The van der Waals surface area contributed by atoms with Gasteiger partial charge in [-0.05, 0) is 73.6 Å². The van der Waals surface area contributed by atoms with Gasteiger partial charge < -0.3 is 4.90 Å². The van der Waals surface area contributed by atoms with Crippen molar-refractivity contribution in [2.24, 2.45) is 10.4 Å². The molecule has 26 heavy (non-hydrogen) atoms. The molecule has 0 amide bonds. The van der Waals surface area contributed by atoms with Crippen LogP contribution in [0.2, 0.25) is 0 Å². The number of rotatable bonds is 1. The van der Waals surface area contributed by atoms with E-state index in [4.69, 9.17) is 4.99 Å². The van der Waals surface area contributed by atoms with E-state index in [0.29, 0.717) is 11.5 Å². The molecule has 1 aromatic carbocycles. The molecule has 0 aromatic heterocycles. The zero-order valence-corrected chi connectivity index (χ0v) is 16.2. The van der Waals surface area contributed by atoms with Crippen LogP contribution < -0.4 is 4.90 Å². The first kappa shape index (κ1) is 17.4. The van der Waals surface area contributed by atoms with Gasteiger partial charge in [-0.3, -0.25) is 4.99 Å². The smallest absolute Gasteiger partial charge is 0.0892 e. The maximum Gasteiger partial charge on any atom is 0.0892 e. The highest BCUT2D eigenvalue weighted by Gasteiger charge is 2.32. The second-order valence-electron chi connectivity index (χ2n) is 8.79. The van der Waals surface area contributed by atoms with Crippen LogP contribution >= 0.6 is 0 Å². The van der Waals surface area contributed by atoms with E-state index in [1.54, 1.807) is 5.57 Å². The maximum atomic E-state index is 4.99. The Hall–Kier alpha value is -2.01. The average molecular weight is 347 g/mol. The lowest BCUT2D eigenvalue weighted by Crippen LogP contribution is -2.29. The van der Waals surface area contributed by atoms with Gasteiger partial charge >= 0.3 is 0 Å². The Labute approximate surface area is 158 Å². The summed E-state index contributed by atoms with van der Waals surface area (Å²) < 4.78 is 0. The molecule has 2 heterocycles. The van der Waals surface area contributed by atoms with Gasteiger partial charge in [0.15, 0.2) is 0 Å². The summed E-state index contributed by atoms with van der Waals surface area (Å²) in [7, 11) is 0. The molecule has 1 unspecified atom stereocenters. The van der Waals surface area contributed by atoms with E-state index in [-0.39, 0.29) is 0 Å². The Morgan fingerprint density at radius 1 is 1.12 bits per heavy atom. The standard InChI is InChI=1S/C24H30N2/c1-24(2)14-13-20-10-12-21(25-23(20)18-24)11-9-19-7-6-8-22(17-19)26-15-4-3-5-16-26/h6-8,10,17,23H,3-5,12-16,18H2,1-2H3. The summed E-state index contributed by atoms with van der Waals surface area (Å²) in [5.74, 6) is 6.74. The van der Waals surface area contributed by atoms with Gasteiger partial charge in [0, 0.05) is 30.8 Å². The third kappa shape index (κ3) is 4.04. The molecule has 0 radical (unpaired) electrons. The fourth-order valence-electron chi connectivity index (χ4n) is 4.40. The summed E-state index contributed by atoms with van der Waals surface area (Å²) in [5, 5.41) is 0.